The Balaban J connectivity index is 1.72. The van der Waals surface area contributed by atoms with E-state index in [1.54, 1.807) is 0 Å². The van der Waals surface area contributed by atoms with Crippen LogP contribution in [0, 0.1) is 5.82 Å². The number of rotatable bonds is 3. The molecule has 1 aromatic rings. The number of carboxylic acid groups (broad SMARTS) is 1. The molecule has 3 rings (SSSR count). The molecule has 0 aromatic heterocycles. The van der Waals surface area contributed by atoms with Crippen LogP contribution < -0.4 is 4.74 Å². The Morgan fingerprint density at radius 2 is 2.24 bits per heavy atom. The number of hydrogen-bond donors (Lipinski definition) is 1. The fraction of sp³-hybridized carbons (Fsp3) is 0.533. The first-order valence-corrected chi connectivity index (χ1v) is 6.99. The van der Waals surface area contributed by atoms with Gasteiger partial charge < -0.3 is 19.3 Å². The quantitative estimate of drug-likeness (QED) is 0.926. The fourth-order valence-corrected chi connectivity index (χ4v) is 2.89. The van der Waals surface area contributed by atoms with Crippen molar-refractivity contribution in [1.29, 1.82) is 0 Å². The van der Waals surface area contributed by atoms with Gasteiger partial charge in [0.15, 0.2) is 0 Å². The predicted molar refractivity (Wildman–Crippen MR) is 71.1 cm³/mol. The first-order valence-electron chi connectivity index (χ1n) is 6.99. The van der Waals surface area contributed by atoms with E-state index in [4.69, 9.17) is 19.3 Å². The molecule has 0 saturated carbocycles. The molecule has 2 aliphatic heterocycles. The molecule has 2 fully saturated rings. The van der Waals surface area contributed by atoms with E-state index in [-0.39, 0.29) is 23.0 Å². The molecular weight excluding hydrogens is 279 g/mol. The molecule has 0 radical (unpaired) electrons. The van der Waals surface area contributed by atoms with Crippen LogP contribution in [-0.4, -0.2) is 42.6 Å². The Hall–Kier alpha value is -1.66. The third-order valence-corrected chi connectivity index (χ3v) is 3.94. The number of halogens is 1. The highest BCUT2D eigenvalue weighted by molar-refractivity contribution is 5.88. The lowest BCUT2D eigenvalue weighted by molar-refractivity contribution is -0.112. The minimum atomic E-state index is -1.17. The topological polar surface area (TPSA) is 65.0 Å². The van der Waals surface area contributed by atoms with Crippen LogP contribution in [0.3, 0.4) is 0 Å². The molecule has 1 aromatic carbocycles. The second-order valence-electron chi connectivity index (χ2n) is 5.55. The Labute approximate surface area is 121 Å². The Morgan fingerprint density at radius 3 is 2.95 bits per heavy atom. The van der Waals surface area contributed by atoms with Crippen LogP contribution in [0.1, 0.15) is 29.6 Å². The summed E-state index contributed by atoms with van der Waals surface area (Å²) in [7, 11) is 0. The van der Waals surface area contributed by atoms with E-state index in [1.165, 1.54) is 12.1 Å². The summed E-state index contributed by atoms with van der Waals surface area (Å²) < 4.78 is 30.4. The van der Waals surface area contributed by atoms with E-state index in [9.17, 15) is 9.18 Å². The van der Waals surface area contributed by atoms with E-state index >= 15 is 0 Å². The van der Waals surface area contributed by atoms with Crippen LogP contribution >= 0.6 is 0 Å². The Bertz CT molecular complexity index is 539. The summed E-state index contributed by atoms with van der Waals surface area (Å²) >= 11 is 0. The molecule has 21 heavy (non-hydrogen) atoms. The lowest BCUT2D eigenvalue weighted by atomic mass is 9.91. The molecule has 5 nitrogen and oxygen atoms in total. The standard InChI is InChI=1S/C15H17FO5/c16-11-5-10(14(17)18)6-13(7-11)21-12-1-3-20-15(8-12)2-4-19-9-15/h5-7,12H,1-4,8-9H2,(H,17,18). The maximum atomic E-state index is 13.4. The summed E-state index contributed by atoms with van der Waals surface area (Å²) in [5.74, 6) is -1.55. The fourth-order valence-electron chi connectivity index (χ4n) is 2.89. The maximum Gasteiger partial charge on any atom is 0.335 e. The lowest BCUT2D eigenvalue weighted by Crippen LogP contribution is -2.44. The van der Waals surface area contributed by atoms with Crippen molar-refractivity contribution in [3.63, 3.8) is 0 Å². The molecule has 2 unspecified atom stereocenters. The molecule has 2 atom stereocenters. The Kier molecular flexibility index (Phi) is 3.82. The Morgan fingerprint density at radius 1 is 1.38 bits per heavy atom. The van der Waals surface area contributed by atoms with Gasteiger partial charge in [0.1, 0.15) is 17.7 Å². The van der Waals surface area contributed by atoms with Crippen LogP contribution in [-0.2, 0) is 9.47 Å². The maximum absolute atomic E-state index is 13.4. The van der Waals surface area contributed by atoms with Gasteiger partial charge in [-0.15, -0.1) is 0 Å². The number of hydrogen-bond acceptors (Lipinski definition) is 4. The monoisotopic (exact) mass is 296 g/mol. The van der Waals surface area contributed by atoms with Crippen molar-refractivity contribution in [2.75, 3.05) is 19.8 Å². The SMILES string of the molecule is O=C(O)c1cc(F)cc(OC2CCOC3(CCOC3)C2)c1. The summed E-state index contributed by atoms with van der Waals surface area (Å²) in [6.45, 7) is 1.79. The van der Waals surface area contributed by atoms with E-state index in [2.05, 4.69) is 0 Å². The molecule has 1 spiro atoms. The molecule has 0 amide bonds. The minimum Gasteiger partial charge on any atom is -0.490 e. The van der Waals surface area contributed by atoms with Crippen LogP contribution in [0.25, 0.3) is 0 Å². The minimum absolute atomic E-state index is 0.115. The van der Waals surface area contributed by atoms with Gasteiger partial charge in [-0.3, -0.25) is 0 Å². The summed E-state index contributed by atoms with van der Waals surface area (Å²) in [6, 6.07) is 3.53. The number of benzene rings is 1. The average molecular weight is 296 g/mol. The zero-order valence-electron chi connectivity index (χ0n) is 11.5. The normalized spacial score (nSPS) is 28.7. The highest BCUT2D eigenvalue weighted by Gasteiger charge is 2.41. The molecule has 2 heterocycles. The van der Waals surface area contributed by atoms with Crippen LogP contribution in [0.2, 0.25) is 0 Å². The van der Waals surface area contributed by atoms with Crippen LogP contribution in [0.5, 0.6) is 5.75 Å². The predicted octanol–water partition coefficient (Wildman–Crippen LogP) is 2.24. The summed E-state index contributed by atoms with van der Waals surface area (Å²) in [6.07, 6.45) is 2.08. The van der Waals surface area contributed by atoms with E-state index < -0.39 is 11.8 Å². The molecule has 1 N–H and O–H groups in total. The van der Waals surface area contributed by atoms with Gasteiger partial charge in [0, 0.05) is 31.9 Å². The smallest absolute Gasteiger partial charge is 0.335 e. The van der Waals surface area contributed by atoms with Gasteiger partial charge >= 0.3 is 5.97 Å². The molecule has 6 heteroatoms. The van der Waals surface area contributed by atoms with Gasteiger partial charge in [0.2, 0.25) is 0 Å². The van der Waals surface area contributed by atoms with E-state index in [0.717, 1.165) is 12.5 Å². The van der Waals surface area contributed by atoms with Gasteiger partial charge in [0.05, 0.1) is 24.4 Å². The van der Waals surface area contributed by atoms with Crippen molar-refractivity contribution in [2.45, 2.75) is 31.0 Å². The van der Waals surface area contributed by atoms with Crippen molar-refractivity contribution in [1.82, 2.24) is 0 Å². The van der Waals surface area contributed by atoms with E-state index in [0.29, 0.717) is 32.7 Å². The van der Waals surface area contributed by atoms with Gasteiger partial charge in [-0.2, -0.15) is 0 Å². The van der Waals surface area contributed by atoms with Crippen LogP contribution in [0.4, 0.5) is 4.39 Å². The van der Waals surface area contributed by atoms with Gasteiger partial charge in [-0.25, -0.2) is 9.18 Å². The zero-order chi connectivity index (χ0) is 14.9. The molecule has 0 aliphatic carbocycles. The van der Waals surface area contributed by atoms with Crippen molar-refractivity contribution in [3.05, 3.63) is 29.6 Å². The third kappa shape index (κ3) is 3.16. The first kappa shape index (κ1) is 14.3. The molecule has 114 valence electrons. The molecule has 2 saturated heterocycles. The molecular formula is C15H17FO5. The summed E-state index contributed by atoms with van der Waals surface area (Å²) in [5, 5.41) is 8.95. The largest absolute Gasteiger partial charge is 0.490 e. The van der Waals surface area contributed by atoms with Crippen LogP contribution in [0.15, 0.2) is 18.2 Å². The van der Waals surface area contributed by atoms with Gasteiger partial charge in [-0.05, 0) is 12.1 Å². The van der Waals surface area contributed by atoms with E-state index in [1.807, 2.05) is 0 Å². The first-order chi connectivity index (χ1) is 10.1. The van der Waals surface area contributed by atoms with Crippen molar-refractivity contribution >= 4 is 5.97 Å². The number of aromatic carboxylic acids is 1. The second kappa shape index (κ2) is 5.61. The number of carboxylic acids is 1. The second-order valence-corrected chi connectivity index (χ2v) is 5.55. The van der Waals surface area contributed by atoms with Crippen molar-refractivity contribution in [3.8, 4) is 5.75 Å². The highest BCUT2D eigenvalue weighted by Crippen LogP contribution is 2.34. The number of ether oxygens (including phenoxy) is 3. The zero-order valence-corrected chi connectivity index (χ0v) is 11.5. The number of carbonyl (C=O) groups is 1. The van der Waals surface area contributed by atoms with Crippen molar-refractivity contribution < 1.29 is 28.5 Å². The molecule has 2 aliphatic rings. The van der Waals surface area contributed by atoms with Crippen molar-refractivity contribution in [2.24, 2.45) is 0 Å². The third-order valence-electron chi connectivity index (χ3n) is 3.94. The van der Waals surface area contributed by atoms with Gasteiger partial charge in [-0.1, -0.05) is 0 Å². The lowest BCUT2D eigenvalue weighted by Gasteiger charge is -2.37. The average Bonchev–Trinajstić information content (AvgIpc) is 2.86. The van der Waals surface area contributed by atoms with Gasteiger partial charge in [0.25, 0.3) is 0 Å². The summed E-state index contributed by atoms with van der Waals surface area (Å²) in [4.78, 5) is 10.9. The summed E-state index contributed by atoms with van der Waals surface area (Å²) in [5.41, 5.74) is -0.415. The molecule has 0 bridgehead atoms. The highest BCUT2D eigenvalue weighted by atomic mass is 19.1.